The quantitative estimate of drug-likeness (QED) is 0.830. The van der Waals surface area contributed by atoms with E-state index in [1.54, 1.807) is 22.5 Å². The van der Waals surface area contributed by atoms with Crippen LogP contribution < -0.4 is 5.73 Å². The molecule has 0 radical (unpaired) electrons. The van der Waals surface area contributed by atoms with Gasteiger partial charge >= 0.3 is 0 Å². The lowest BCUT2D eigenvalue weighted by Crippen LogP contribution is -2.49. The standard InChI is InChI=1S/C13H19N3O2S/c14-11-2-1-3-13(10-11)19(17,18)16-8-6-15(7-9-16)12-4-5-12/h1-3,10,12H,4-9,14H2. The first kappa shape index (κ1) is 12.9. The molecule has 1 aliphatic heterocycles. The Balaban J connectivity index is 1.74. The highest BCUT2D eigenvalue weighted by Gasteiger charge is 2.34. The number of rotatable bonds is 3. The monoisotopic (exact) mass is 281 g/mol. The molecule has 104 valence electrons. The van der Waals surface area contributed by atoms with Crippen LogP contribution in [0.1, 0.15) is 12.8 Å². The molecule has 19 heavy (non-hydrogen) atoms. The number of anilines is 1. The molecule has 1 aromatic carbocycles. The molecule has 1 saturated heterocycles. The second-order valence-corrected chi connectivity index (χ2v) is 7.18. The van der Waals surface area contributed by atoms with Crippen molar-refractivity contribution in [2.75, 3.05) is 31.9 Å². The predicted octanol–water partition coefficient (Wildman–Crippen LogP) is 0.737. The van der Waals surface area contributed by atoms with Crippen LogP contribution in [0.4, 0.5) is 5.69 Å². The van der Waals surface area contributed by atoms with Crippen LogP contribution in [-0.4, -0.2) is 49.8 Å². The molecule has 1 aromatic rings. The Morgan fingerprint density at radius 1 is 1.11 bits per heavy atom. The lowest BCUT2D eigenvalue weighted by atomic mass is 10.3. The van der Waals surface area contributed by atoms with E-state index >= 15 is 0 Å². The van der Waals surface area contributed by atoms with Gasteiger partial charge in [0.1, 0.15) is 0 Å². The molecule has 0 unspecified atom stereocenters. The summed E-state index contributed by atoms with van der Waals surface area (Å²) in [5, 5.41) is 0. The number of nitrogens with two attached hydrogens (primary N) is 1. The second-order valence-electron chi connectivity index (χ2n) is 5.24. The van der Waals surface area contributed by atoms with Gasteiger partial charge in [0, 0.05) is 37.9 Å². The third kappa shape index (κ3) is 2.61. The molecule has 0 bridgehead atoms. The number of sulfonamides is 1. The summed E-state index contributed by atoms with van der Waals surface area (Å²) in [7, 11) is -3.39. The van der Waals surface area contributed by atoms with Gasteiger partial charge in [0.15, 0.2) is 0 Å². The van der Waals surface area contributed by atoms with Gasteiger partial charge in [-0.25, -0.2) is 8.42 Å². The molecule has 0 aromatic heterocycles. The summed E-state index contributed by atoms with van der Waals surface area (Å²) in [4.78, 5) is 2.69. The van der Waals surface area contributed by atoms with Crippen LogP contribution in [0.5, 0.6) is 0 Å². The van der Waals surface area contributed by atoms with Gasteiger partial charge in [-0.15, -0.1) is 0 Å². The van der Waals surface area contributed by atoms with Crippen LogP contribution in [0.25, 0.3) is 0 Å². The summed E-state index contributed by atoms with van der Waals surface area (Å²) in [6.45, 7) is 2.83. The second kappa shape index (κ2) is 4.77. The van der Waals surface area contributed by atoms with Crippen molar-refractivity contribution < 1.29 is 8.42 Å². The Kier molecular flexibility index (Phi) is 3.24. The molecule has 2 fully saturated rings. The summed E-state index contributed by atoms with van der Waals surface area (Å²) in [5.74, 6) is 0. The maximum Gasteiger partial charge on any atom is 0.243 e. The molecule has 1 heterocycles. The highest BCUT2D eigenvalue weighted by Crippen LogP contribution is 2.28. The molecule has 0 amide bonds. The van der Waals surface area contributed by atoms with Crippen molar-refractivity contribution >= 4 is 15.7 Å². The van der Waals surface area contributed by atoms with Gasteiger partial charge in [0.2, 0.25) is 10.0 Å². The van der Waals surface area contributed by atoms with Crippen molar-refractivity contribution in [2.45, 2.75) is 23.8 Å². The number of hydrogen-bond donors (Lipinski definition) is 1. The van der Waals surface area contributed by atoms with Gasteiger partial charge in [-0.2, -0.15) is 4.31 Å². The molecule has 0 spiro atoms. The molecule has 2 N–H and O–H groups in total. The highest BCUT2D eigenvalue weighted by atomic mass is 32.2. The average Bonchev–Trinajstić information content (AvgIpc) is 3.23. The van der Waals surface area contributed by atoms with Gasteiger partial charge in [-0.1, -0.05) is 6.07 Å². The van der Waals surface area contributed by atoms with Crippen LogP contribution in [0.3, 0.4) is 0 Å². The number of benzene rings is 1. The van der Waals surface area contributed by atoms with Crippen LogP contribution in [0.2, 0.25) is 0 Å². The Morgan fingerprint density at radius 2 is 1.79 bits per heavy atom. The summed E-state index contributed by atoms with van der Waals surface area (Å²) in [6, 6.07) is 7.23. The third-order valence-electron chi connectivity index (χ3n) is 3.83. The number of nitrogen functional groups attached to an aromatic ring is 1. The van der Waals surface area contributed by atoms with Crippen LogP contribution in [0, 0.1) is 0 Å². The zero-order valence-electron chi connectivity index (χ0n) is 10.8. The fourth-order valence-electron chi connectivity index (χ4n) is 2.57. The molecule has 0 atom stereocenters. The molecule has 6 heteroatoms. The van der Waals surface area contributed by atoms with E-state index < -0.39 is 10.0 Å². The Bertz CT molecular complexity index is 561. The number of hydrogen-bond acceptors (Lipinski definition) is 4. The molecular weight excluding hydrogens is 262 g/mol. The summed E-state index contributed by atoms with van der Waals surface area (Å²) in [5.41, 5.74) is 6.15. The van der Waals surface area contributed by atoms with Crippen molar-refractivity contribution in [3.05, 3.63) is 24.3 Å². The summed E-state index contributed by atoms with van der Waals surface area (Å²) in [6.07, 6.45) is 2.53. The SMILES string of the molecule is Nc1cccc(S(=O)(=O)N2CCN(C3CC3)CC2)c1. The van der Waals surface area contributed by atoms with Gasteiger partial charge in [0.05, 0.1) is 4.90 Å². The highest BCUT2D eigenvalue weighted by molar-refractivity contribution is 7.89. The van der Waals surface area contributed by atoms with E-state index in [2.05, 4.69) is 4.90 Å². The van der Waals surface area contributed by atoms with Crippen molar-refractivity contribution in [3.8, 4) is 0 Å². The van der Waals surface area contributed by atoms with Crippen molar-refractivity contribution in [1.82, 2.24) is 9.21 Å². The molecule has 1 aliphatic carbocycles. The van der Waals surface area contributed by atoms with Crippen LogP contribution in [0.15, 0.2) is 29.2 Å². The zero-order valence-corrected chi connectivity index (χ0v) is 11.6. The fourth-order valence-corrected chi connectivity index (χ4v) is 4.05. The Morgan fingerprint density at radius 3 is 2.37 bits per heavy atom. The van der Waals surface area contributed by atoms with E-state index in [1.165, 1.54) is 18.9 Å². The fraction of sp³-hybridized carbons (Fsp3) is 0.538. The van der Waals surface area contributed by atoms with Gasteiger partial charge in [0.25, 0.3) is 0 Å². The van der Waals surface area contributed by atoms with Gasteiger partial charge in [-0.3, -0.25) is 4.90 Å². The maximum atomic E-state index is 12.5. The number of nitrogens with zero attached hydrogens (tertiary/aromatic N) is 2. The summed E-state index contributed by atoms with van der Waals surface area (Å²) < 4.78 is 26.5. The molecule has 3 rings (SSSR count). The minimum atomic E-state index is -3.39. The van der Waals surface area contributed by atoms with Crippen molar-refractivity contribution in [3.63, 3.8) is 0 Å². The van der Waals surface area contributed by atoms with Crippen LogP contribution in [-0.2, 0) is 10.0 Å². The first-order chi connectivity index (χ1) is 9.07. The molecule has 1 saturated carbocycles. The van der Waals surface area contributed by atoms with E-state index in [9.17, 15) is 8.42 Å². The Labute approximate surface area is 114 Å². The number of piperazine rings is 1. The van der Waals surface area contributed by atoms with E-state index in [-0.39, 0.29) is 0 Å². The predicted molar refractivity (Wildman–Crippen MR) is 74.2 cm³/mol. The van der Waals surface area contributed by atoms with Crippen LogP contribution >= 0.6 is 0 Å². The van der Waals surface area contributed by atoms with E-state index in [0.717, 1.165) is 13.1 Å². The van der Waals surface area contributed by atoms with E-state index in [1.807, 2.05) is 0 Å². The van der Waals surface area contributed by atoms with Gasteiger partial charge < -0.3 is 5.73 Å². The first-order valence-electron chi connectivity index (χ1n) is 6.67. The zero-order chi connectivity index (χ0) is 13.5. The first-order valence-corrected chi connectivity index (χ1v) is 8.11. The maximum absolute atomic E-state index is 12.5. The molecule has 5 nitrogen and oxygen atoms in total. The van der Waals surface area contributed by atoms with E-state index in [4.69, 9.17) is 5.73 Å². The topological polar surface area (TPSA) is 66.6 Å². The minimum absolute atomic E-state index is 0.298. The van der Waals surface area contributed by atoms with Gasteiger partial charge in [-0.05, 0) is 31.0 Å². The molecular formula is C13H19N3O2S. The lowest BCUT2D eigenvalue weighted by molar-refractivity contribution is 0.180. The summed E-state index contributed by atoms with van der Waals surface area (Å²) >= 11 is 0. The minimum Gasteiger partial charge on any atom is -0.399 e. The average molecular weight is 281 g/mol. The third-order valence-corrected chi connectivity index (χ3v) is 5.73. The normalized spacial score (nSPS) is 22.5. The van der Waals surface area contributed by atoms with E-state index in [0.29, 0.717) is 29.7 Å². The largest absolute Gasteiger partial charge is 0.399 e. The smallest absolute Gasteiger partial charge is 0.243 e. The lowest BCUT2D eigenvalue weighted by Gasteiger charge is -2.34. The molecule has 2 aliphatic rings. The van der Waals surface area contributed by atoms with Crippen molar-refractivity contribution in [2.24, 2.45) is 0 Å². The Hall–Kier alpha value is -1.11. The van der Waals surface area contributed by atoms with Crippen molar-refractivity contribution in [1.29, 1.82) is 0 Å².